The summed E-state index contributed by atoms with van der Waals surface area (Å²) < 4.78 is 16.0. The summed E-state index contributed by atoms with van der Waals surface area (Å²) in [7, 11) is 0. The highest BCUT2D eigenvalue weighted by Gasteiger charge is 2.29. The van der Waals surface area contributed by atoms with E-state index in [0.29, 0.717) is 31.7 Å². The minimum absolute atomic E-state index is 0.0575. The lowest BCUT2D eigenvalue weighted by Crippen LogP contribution is -2.54. The molecular weight excluding hydrogens is 395 g/mol. The number of benzene rings is 2. The van der Waals surface area contributed by atoms with Crippen molar-refractivity contribution < 1.29 is 14.0 Å². The molecule has 3 aromatic rings. The molecule has 6 nitrogen and oxygen atoms in total. The van der Waals surface area contributed by atoms with Gasteiger partial charge in [0.1, 0.15) is 11.5 Å². The van der Waals surface area contributed by atoms with Crippen LogP contribution in [0.15, 0.2) is 60.8 Å². The Morgan fingerprint density at radius 2 is 1.84 bits per heavy atom. The fourth-order valence-electron chi connectivity index (χ4n) is 3.94. The van der Waals surface area contributed by atoms with Gasteiger partial charge in [0.2, 0.25) is 0 Å². The van der Waals surface area contributed by atoms with Crippen molar-refractivity contribution >= 4 is 11.8 Å². The molecule has 7 heteroatoms. The van der Waals surface area contributed by atoms with Crippen molar-refractivity contribution in [3.05, 3.63) is 77.9 Å². The summed E-state index contributed by atoms with van der Waals surface area (Å²) >= 11 is 0. The highest BCUT2D eigenvalue weighted by Crippen LogP contribution is 2.23. The third-order valence-electron chi connectivity index (χ3n) is 5.66. The van der Waals surface area contributed by atoms with Gasteiger partial charge < -0.3 is 4.90 Å². The van der Waals surface area contributed by atoms with Crippen molar-refractivity contribution in [2.75, 3.05) is 19.6 Å². The third-order valence-corrected chi connectivity index (χ3v) is 5.66. The standard InChI is InChI=1S/C24H25FN4O2/c1-17-15-27(12-13-28(17)24(31)29-11-10-23(26-29)18(2)30)16-21-9-8-20(14-22(21)25)19-6-4-3-5-7-19/h3-11,14,17H,12-13,15-16H2,1-2H3/t17-/m0/s1. The van der Waals surface area contributed by atoms with Gasteiger partial charge in [-0.25, -0.2) is 9.18 Å². The van der Waals surface area contributed by atoms with Gasteiger partial charge in [0.15, 0.2) is 5.78 Å². The van der Waals surface area contributed by atoms with E-state index < -0.39 is 0 Å². The molecule has 160 valence electrons. The molecule has 1 aromatic heterocycles. The molecule has 0 bridgehead atoms. The Hall–Kier alpha value is -3.32. The van der Waals surface area contributed by atoms with Gasteiger partial charge in [-0.3, -0.25) is 9.69 Å². The largest absolute Gasteiger partial charge is 0.344 e. The monoisotopic (exact) mass is 420 g/mol. The molecule has 2 heterocycles. The lowest BCUT2D eigenvalue weighted by atomic mass is 10.0. The van der Waals surface area contributed by atoms with Crippen LogP contribution in [0.2, 0.25) is 0 Å². The van der Waals surface area contributed by atoms with E-state index in [-0.39, 0.29) is 29.4 Å². The van der Waals surface area contributed by atoms with Crippen LogP contribution in [-0.4, -0.2) is 57.1 Å². The molecule has 1 atom stereocenters. The van der Waals surface area contributed by atoms with E-state index in [4.69, 9.17) is 0 Å². The Labute approximate surface area is 180 Å². The Balaban J connectivity index is 1.40. The number of hydrogen-bond acceptors (Lipinski definition) is 4. The maximum Gasteiger partial charge on any atom is 0.344 e. The van der Waals surface area contributed by atoms with Crippen LogP contribution < -0.4 is 0 Å². The summed E-state index contributed by atoms with van der Waals surface area (Å²) in [5.41, 5.74) is 2.76. The number of rotatable bonds is 4. The zero-order valence-corrected chi connectivity index (χ0v) is 17.7. The summed E-state index contributed by atoms with van der Waals surface area (Å²) in [5.74, 6) is -0.398. The number of aromatic nitrogens is 2. The topological polar surface area (TPSA) is 58.4 Å². The Morgan fingerprint density at radius 1 is 1.06 bits per heavy atom. The lowest BCUT2D eigenvalue weighted by molar-refractivity contribution is 0.0958. The maximum atomic E-state index is 14.8. The Kier molecular flexibility index (Phi) is 5.95. The van der Waals surface area contributed by atoms with E-state index in [0.717, 1.165) is 11.1 Å². The normalized spacial score (nSPS) is 17.0. The van der Waals surface area contributed by atoms with Gasteiger partial charge in [0.25, 0.3) is 0 Å². The number of halogens is 1. The van der Waals surface area contributed by atoms with Crippen molar-refractivity contribution in [2.24, 2.45) is 0 Å². The average Bonchev–Trinajstić information content (AvgIpc) is 3.26. The number of hydrogen-bond donors (Lipinski definition) is 0. The van der Waals surface area contributed by atoms with Gasteiger partial charge in [-0.1, -0.05) is 42.5 Å². The number of carbonyl (C=O) groups excluding carboxylic acids is 2. The molecule has 0 N–H and O–H groups in total. The molecule has 2 aromatic carbocycles. The van der Waals surface area contributed by atoms with Gasteiger partial charge in [-0.15, -0.1) is 0 Å². The predicted octanol–water partition coefficient (Wildman–Crippen LogP) is 4.07. The Morgan fingerprint density at radius 3 is 2.48 bits per heavy atom. The van der Waals surface area contributed by atoms with E-state index >= 15 is 0 Å². The van der Waals surface area contributed by atoms with Crippen LogP contribution in [0.1, 0.15) is 29.9 Å². The van der Waals surface area contributed by atoms with E-state index in [2.05, 4.69) is 10.00 Å². The van der Waals surface area contributed by atoms with Gasteiger partial charge >= 0.3 is 6.03 Å². The highest BCUT2D eigenvalue weighted by molar-refractivity contribution is 5.92. The average molecular weight is 420 g/mol. The molecule has 0 saturated carbocycles. The third kappa shape index (κ3) is 4.56. The first-order chi connectivity index (χ1) is 14.9. The molecule has 1 aliphatic rings. The van der Waals surface area contributed by atoms with Crippen LogP contribution in [0.25, 0.3) is 11.1 Å². The Bertz CT molecular complexity index is 1100. The quantitative estimate of drug-likeness (QED) is 0.597. The molecule has 0 spiro atoms. The molecule has 0 radical (unpaired) electrons. The lowest BCUT2D eigenvalue weighted by Gasteiger charge is -2.39. The van der Waals surface area contributed by atoms with Crippen LogP contribution in [0.3, 0.4) is 0 Å². The summed E-state index contributed by atoms with van der Waals surface area (Å²) in [6.45, 7) is 5.66. The molecule has 31 heavy (non-hydrogen) atoms. The van der Waals surface area contributed by atoms with Crippen LogP contribution in [0.4, 0.5) is 9.18 Å². The zero-order chi connectivity index (χ0) is 22.0. The highest BCUT2D eigenvalue weighted by atomic mass is 19.1. The molecule has 1 fully saturated rings. The summed E-state index contributed by atoms with van der Waals surface area (Å²) in [6.07, 6.45) is 1.52. The van der Waals surface area contributed by atoms with Gasteiger partial charge in [0, 0.05) is 50.9 Å². The number of nitrogens with zero attached hydrogens (tertiary/aromatic N) is 4. The first-order valence-corrected chi connectivity index (χ1v) is 10.4. The molecule has 4 rings (SSSR count). The van der Waals surface area contributed by atoms with Crippen LogP contribution >= 0.6 is 0 Å². The van der Waals surface area contributed by atoms with Crippen molar-refractivity contribution in [3.8, 4) is 11.1 Å². The minimum atomic E-state index is -0.252. The molecular formula is C24H25FN4O2. The second kappa shape index (κ2) is 8.81. The molecule has 1 amide bonds. The van der Waals surface area contributed by atoms with E-state index in [1.807, 2.05) is 49.4 Å². The molecule has 0 aliphatic carbocycles. The van der Waals surface area contributed by atoms with E-state index in [1.54, 1.807) is 17.0 Å². The SMILES string of the molecule is CC(=O)c1ccn(C(=O)N2CCN(Cc3ccc(-c4ccccc4)cc3F)C[C@@H]2C)n1. The first-order valence-electron chi connectivity index (χ1n) is 10.4. The van der Waals surface area contributed by atoms with Crippen LogP contribution in [0, 0.1) is 5.82 Å². The number of Topliss-reactive ketones (excluding diaryl/α,β-unsaturated/α-hetero) is 1. The van der Waals surface area contributed by atoms with Crippen LogP contribution in [-0.2, 0) is 6.54 Å². The van der Waals surface area contributed by atoms with Crippen LogP contribution in [0.5, 0.6) is 0 Å². The van der Waals surface area contributed by atoms with E-state index in [9.17, 15) is 14.0 Å². The summed E-state index contributed by atoms with van der Waals surface area (Å²) in [5, 5.41) is 4.06. The number of ketones is 1. The zero-order valence-electron chi connectivity index (χ0n) is 17.7. The van der Waals surface area contributed by atoms with Crippen molar-refractivity contribution in [1.82, 2.24) is 19.6 Å². The molecule has 1 aliphatic heterocycles. The van der Waals surface area contributed by atoms with Gasteiger partial charge in [-0.05, 0) is 30.2 Å². The van der Waals surface area contributed by atoms with Crippen molar-refractivity contribution in [3.63, 3.8) is 0 Å². The van der Waals surface area contributed by atoms with E-state index in [1.165, 1.54) is 17.8 Å². The van der Waals surface area contributed by atoms with Crippen molar-refractivity contribution in [2.45, 2.75) is 26.4 Å². The minimum Gasteiger partial charge on any atom is -0.318 e. The number of amides is 1. The first kappa shape index (κ1) is 20.9. The maximum absolute atomic E-state index is 14.8. The van der Waals surface area contributed by atoms with Crippen molar-refractivity contribution in [1.29, 1.82) is 0 Å². The van der Waals surface area contributed by atoms with Gasteiger partial charge in [-0.2, -0.15) is 9.78 Å². The summed E-state index contributed by atoms with van der Waals surface area (Å²) in [4.78, 5) is 28.1. The fourth-order valence-corrected chi connectivity index (χ4v) is 3.94. The number of carbonyl (C=O) groups is 2. The predicted molar refractivity (Wildman–Crippen MR) is 116 cm³/mol. The van der Waals surface area contributed by atoms with Gasteiger partial charge in [0.05, 0.1) is 0 Å². The fraction of sp³-hybridized carbons (Fsp3) is 0.292. The second-order valence-corrected chi connectivity index (χ2v) is 7.93. The smallest absolute Gasteiger partial charge is 0.318 e. The molecule has 1 saturated heterocycles. The summed E-state index contributed by atoms with van der Waals surface area (Å²) in [6, 6.07) is 16.3. The number of piperazine rings is 1. The molecule has 0 unspecified atom stereocenters. The second-order valence-electron chi connectivity index (χ2n) is 7.93.